The van der Waals surface area contributed by atoms with Crippen LogP contribution in [0, 0.1) is 0 Å². The molecule has 1 saturated heterocycles. The van der Waals surface area contributed by atoms with Gasteiger partial charge in [0, 0.05) is 6.61 Å². The average molecular weight is 282 g/mol. The van der Waals surface area contributed by atoms with Crippen LogP contribution in [0.2, 0.25) is 0 Å². The highest BCUT2D eigenvalue weighted by molar-refractivity contribution is 14.1. The van der Waals surface area contributed by atoms with Gasteiger partial charge in [-0.25, -0.2) is 0 Å². The summed E-state index contributed by atoms with van der Waals surface area (Å²) in [5, 5.41) is 0. The normalized spacial score (nSPS) is 24.9. The van der Waals surface area contributed by atoms with Crippen molar-refractivity contribution >= 4 is 22.6 Å². The molecule has 70 valence electrons. The van der Waals surface area contributed by atoms with Crippen LogP contribution in [0.25, 0.3) is 0 Å². The zero-order valence-corrected chi connectivity index (χ0v) is 9.33. The SMILES string of the molecule is I/C=C\CCOC1CCCCO1. The number of ether oxygens (including phenoxy) is 2. The Morgan fingerprint density at radius 3 is 3.08 bits per heavy atom. The van der Waals surface area contributed by atoms with E-state index in [4.69, 9.17) is 9.47 Å². The van der Waals surface area contributed by atoms with Gasteiger partial charge >= 0.3 is 0 Å². The van der Waals surface area contributed by atoms with Gasteiger partial charge in [0.2, 0.25) is 0 Å². The molecule has 0 aromatic heterocycles. The van der Waals surface area contributed by atoms with Gasteiger partial charge in [0.15, 0.2) is 6.29 Å². The van der Waals surface area contributed by atoms with Gasteiger partial charge in [-0.3, -0.25) is 0 Å². The second-order valence-electron chi connectivity index (χ2n) is 2.82. The van der Waals surface area contributed by atoms with E-state index in [-0.39, 0.29) is 6.29 Å². The van der Waals surface area contributed by atoms with E-state index in [0.29, 0.717) is 0 Å². The molecule has 1 unspecified atom stereocenters. The molecular formula is C9H15IO2. The van der Waals surface area contributed by atoms with Gasteiger partial charge in [0.1, 0.15) is 0 Å². The summed E-state index contributed by atoms with van der Waals surface area (Å²) in [5.41, 5.74) is 0. The summed E-state index contributed by atoms with van der Waals surface area (Å²) in [6, 6.07) is 0. The minimum Gasteiger partial charge on any atom is -0.353 e. The van der Waals surface area contributed by atoms with E-state index in [9.17, 15) is 0 Å². The molecular weight excluding hydrogens is 267 g/mol. The molecule has 3 heteroatoms. The van der Waals surface area contributed by atoms with Crippen LogP contribution in [0.5, 0.6) is 0 Å². The van der Waals surface area contributed by atoms with Gasteiger partial charge in [0.05, 0.1) is 6.61 Å². The van der Waals surface area contributed by atoms with Gasteiger partial charge < -0.3 is 9.47 Å². The largest absolute Gasteiger partial charge is 0.353 e. The fourth-order valence-corrected chi connectivity index (χ4v) is 1.53. The molecule has 0 aliphatic carbocycles. The highest BCUT2D eigenvalue weighted by Crippen LogP contribution is 2.13. The molecule has 0 amide bonds. The fraction of sp³-hybridized carbons (Fsp3) is 0.778. The second-order valence-corrected chi connectivity index (χ2v) is 3.54. The van der Waals surface area contributed by atoms with Crippen LogP contribution in [0.1, 0.15) is 25.7 Å². The van der Waals surface area contributed by atoms with Crippen molar-refractivity contribution in [3.8, 4) is 0 Å². The quantitative estimate of drug-likeness (QED) is 0.583. The third kappa shape index (κ3) is 4.42. The van der Waals surface area contributed by atoms with Crippen LogP contribution in [-0.4, -0.2) is 19.5 Å². The van der Waals surface area contributed by atoms with E-state index in [1.807, 2.05) is 4.08 Å². The van der Waals surface area contributed by atoms with Gasteiger partial charge in [-0.2, -0.15) is 0 Å². The maximum absolute atomic E-state index is 5.51. The van der Waals surface area contributed by atoms with E-state index in [0.717, 1.165) is 26.1 Å². The maximum atomic E-state index is 5.51. The van der Waals surface area contributed by atoms with E-state index in [2.05, 4.69) is 28.7 Å². The molecule has 0 radical (unpaired) electrons. The predicted molar refractivity (Wildman–Crippen MR) is 57.3 cm³/mol. The lowest BCUT2D eigenvalue weighted by molar-refractivity contribution is -0.161. The molecule has 1 atom stereocenters. The van der Waals surface area contributed by atoms with Crippen molar-refractivity contribution in [1.29, 1.82) is 0 Å². The Bertz CT molecular complexity index is 130. The summed E-state index contributed by atoms with van der Waals surface area (Å²) >= 11 is 2.21. The molecule has 1 rings (SSSR count). The molecule has 0 aromatic rings. The Morgan fingerprint density at radius 2 is 2.42 bits per heavy atom. The minimum atomic E-state index is 0.0707. The number of rotatable bonds is 4. The molecule has 1 aliphatic heterocycles. The topological polar surface area (TPSA) is 18.5 Å². The first kappa shape index (κ1) is 10.5. The zero-order valence-electron chi connectivity index (χ0n) is 7.17. The number of halogens is 1. The van der Waals surface area contributed by atoms with Crippen molar-refractivity contribution in [2.75, 3.05) is 13.2 Å². The van der Waals surface area contributed by atoms with Crippen molar-refractivity contribution in [2.45, 2.75) is 32.0 Å². The summed E-state index contributed by atoms with van der Waals surface area (Å²) < 4.78 is 12.9. The Kier molecular flexibility index (Phi) is 5.98. The monoisotopic (exact) mass is 282 g/mol. The van der Waals surface area contributed by atoms with Gasteiger partial charge in [-0.05, 0) is 29.8 Å². The van der Waals surface area contributed by atoms with Gasteiger partial charge in [0.25, 0.3) is 0 Å². The molecule has 0 aromatic carbocycles. The molecule has 0 spiro atoms. The Hall–Kier alpha value is 0.390. The lowest BCUT2D eigenvalue weighted by Gasteiger charge is -2.22. The van der Waals surface area contributed by atoms with Crippen LogP contribution >= 0.6 is 22.6 Å². The molecule has 1 fully saturated rings. The third-order valence-electron chi connectivity index (χ3n) is 1.82. The lowest BCUT2D eigenvalue weighted by atomic mass is 10.2. The fourth-order valence-electron chi connectivity index (χ4n) is 1.17. The van der Waals surface area contributed by atoms with Crippen LogP contribution < -0.4 is 0 Å². The van der Waals surface area contributed by atoms with Crippen molar-refractivity contribution < 1.29 is 9.47 Å². The summed E-state index contributed by atoms with van der Waals surface area (Å²) in [6.07, 6.45) is 6.65. The molecule has 2 nitrogen and oxygen atoms in total. The average Bonchev–Trinajstić information content (AvgIpc) is 2.14. The van der Waals surface area contributed by atoms with Crippen LogP contribution in [0.3, 0.4) is 0 Å². The van der Waals surface area contributed by atoms with Crippen LogP contribution in [0.15, 0.2) is 10.2 Å². The third-order valence-corrected chi connectivity index (χ3v) is 2.32. The van der Waals surface area contributed by atoms with Gasteiger partial charge in [-0.1, -0.05) is 28.7 Å². The Balaban J connectivity index is 1.97. The van der Waals surface area contributed by atoms with Crippen molar-refractivity contribution in [1.82, 2.24) is 0 Å². The molecule has 1 aliphatic rings. The predicted octanol–water partition coefficient (Wildman–Crippen LogP) is 2.87. The first-order valence-electron chi connectivity index (χ1n) is 4.42. The standard InChI is InChI=1S/C9H15IO2/c10-6-2-4-8-12-9-5-1-3-7-11-9/h2,6,9H,1,3-5,7-8H2/b6-2-. The lowest BCUT2D eigenvalue weighted by Crippen LogP contribution is -2.22. The Labute approximate surface area is 87.5 Å². The molecule has 0 bridgehead atoms. The van der Waals surface area contributed by atoms with E-state index in [1.54, 1.807) is 0 Å². The first-order chi connectivity index (χ1) is 5.93. The second kappa shape index (κ2) is 6.86. The van der Waals surface area contributed by atoms with Crippen molar-refractivity contribution in [3.63, 3.8) is 0 Å². The molecule has 0 saturated carbocycles. The van der Waals surface area contributed by atoms with Crippen molar-refractivity contribution in [2.24, 2.45) is 0 Å². The Morgan fingerprint density at radius 1 is 1.50 bits per heavy atom. The molecule has 12 heavy (non-hydrogen) atoms. The van der Waals surface area contributed by atoms with Crippen LogP contribution in [0.4, 0.5) is 0 Å². The molecule has 1 heterocycles. The minimum absolute atomic E-state index is 0.0707. The summed E-state index contributed by atoms with van der Waals surface area (Å²) in [7, 11) is 0. The van der Waals surface area contributed by atoms with Crippen LogP contribution in [-0.2, 0) is 9.47 Å². The van der Waals surface area contributed by atoms with E-state index in [1.165, 1.54) is 12.8 Å². The zero-order chi connectivity index (χ0) is 8.65. The first-order valence-corrected chi connectivity index (χ1v) is 5.66. The van der Waals surface area contributed by atoms with E-state index >= 15 is 0 Å². The summed E-state index contributed by atoms with van der Waals surface area (Å²) in [6.45, 7) is 1.65. The molecule has 0 N–H and O–H groups in total. The number of hydrogen-bond donors (Lipinski definition) is 0. The highest BCUT2D eigenvalue weighted by Gasteiger charge is 2.12. The highest BCUT2D eigenvalue weighted by atomic mass is 127. The van der Waals surface area contributed by atoms with Crippen molar-refractivity contribution in [3.05, 3.63) is 10.2 Å². The van der Waals surface area contributed by atoms with E-state index < -0.39 is 0 Å². The summed E-state index contributed by atoms with van der Waals surface area (Å²) in [5.74, 6) is 0. The number of hydrogen-bond acceptors (Lipinski definition) is 2. The summed E-state index contributed by atoms with van der Waals surface area (Å²) in [4.78, 5) is 0. The smallest absolute Gasteiger partial charge is 0.157 e. The maximum Gasteiger partial charge on any atom is 0.157 e. The van der Waals surface area contributed by atoms with Gasteiger partial charge in [-0.15, -0.1) is 0 Å².